The minimum absolute atomic E-state index is 0.0449. The van der Waals surface area contributed by atoms with Gasteiger partial charge in [0.25, 0.3) is 0 Å². The van der Waals surface area contributed by atoms with E-state index in [-0.39, 0.29) is 5.91 Å². The number of amides is 1. The standard InChI is InChI=1S/C15H26N4OS/c1-10(2)8-12-18-19-14(21-12)17-13(20)15(3,4)11-6-5-7-16-9-11/h10-11,16H,5-9H2,1-4H3,(H,17,19,20). The molecule has 1 atom stereocenters. The third-order valence-corrected chi connectivity index (χ3v) is 5.03. The van der Waals surface area contributed by atoms with Crippen molar-refractivity contribution in [2.24, 2.45) is 17.3 Å². The highest BCUT2D eigenvalue weighted by molar-refractivity contribution is 7.15. The van der Waals surface area contributed by atoms with Gasteiger partial charge >= 0.3 is 0 Å². The van der Waals surface area contributed by atoms with Crippen LogP contribution in [-0.4, -0.2) is 29.2 Å². The predicted molar refractivity (Wildman–Crippen MR) is 86.5 cm³/mol. The molecule has 0 radical (unpaired) electrons. The fraction of sp³-hybridized carbons (Fsp3) is 0.800. The summed E-state index contributed by atoms with van der Waals surface area (Å²) in [4.78, 5) is 12.6. The minimum atomic E-state index is -0.392. The molecule has 1 aromatic rings. The van der Waals surface area contributed by atoms with Gasteiger partial charge in [-0.25, -0.2) is 0 Å². The van der Waals surface area contributed by atoms with Gasteiger partial charge in [0.05, 0.1) is 0 Å². The number of nitrogens with one attached hydrogen (secondary N) is 2. The number of anilines is 1. The average molecular weight is 310 g/mol. The molecule has 0 bridgehead atoms. The number of hydrogen-bond acceptors (Lipinski definition) is 5. The normalized spacial score (nSPS) is 19.8. The maximum Gasteiger partial charge on any atom is 0.232 e. The number of piperidine rings is 1. The Balaban J connectivity index is 1.97. The maximum atomic E-state index is 12.6. The first-order valence-corrected chi connectivity index (χ1v) is 8.55. The van der Waals surface area contributed by atoms with Crippen molar-refractivity contribution in [1.82, 2.24) is 15.5 Å². The lowest BCUT2D eigenvalue weighted by atomic mass is 9.74. The number of carbonyl (C=O) groups is 1. The molecule has 1 fully saturated rings. The first kappa shape index (κ1) is 16.4. The lowest BCUT2D eigenvalue weighted by Crippen LogP contribution is -2.44. The van der Waals surface area contributed by atoms with E-state index in [1.807, 2.05) is 13.8 Å². The smallest absolute Gasteiger partial charge is 0.232 e. The molecule has 21 heavy (non-hydrogen) atoms. The number of carbonyl (C=O) groups excluding carboxylic acids is 1. The first-order valence-electron chi connectivity index (χ1n) is 7.74. The Morgan fingerprint density at radius 3 is 2.86 bits per heavy atom. The summed E-state index contributed by atoms with van der Waals surface area (Å²) in [7, 11) is 0. The highest BCUT2D eigenvalue weighted by Gasteiger charge is 2.37. The number of nitrogens with zero attached hydrogens (tertiary/aromatic N) is 2. The lowest BCUT2D eigenvalue weighted by molar-refractivity contribution is -0.127. The third-order valence-electron chi connectivity index (χ3n) is 4.17. The molecule has 6 heteroatoms. The van der Waals surface area contributed by atoms with Crippen LogP contribution in [0.4, 0.5) is 5.13 Å². The average Bonchev–Trinajstić information content (AvgIpc) is 2.86. The van der Waals surface area contributed by atoms with Gasteiger partial charge in [0.15, 0.2) is 0 Å². The minimum Gasteiger partial charge on any atom is -0.316 e. The van der Waals surface area contributed by atoms with E-state index < -0.39 is 5.41 Å². The van der Waals surface area contributed by atoms with E-state index in [9.17, 15) is 4.79 Å². The van der Waals surface area contributed by atoms with Crippen LogP contribution in [0.2, 0.25) is 0 Å². The Hall–Kier alpha value is -1.01. The van der Waals surface area contributed by atoms with Crippen LogP contribution in [0.5, 0.6) is 0 Å². The second-order valence-electron chi connectivity index (χ2n) is 6.82. The summed E-state index contributed by atoms with van der Waals surface area (Å²) in [6.07, 6.45) is 3.14. The van der Waals surface area contributed by atoms with E-state index in [1.165, 1.54) is 11.3 Å². The van der Waals surface area contributed by atoms with Gasteiger partial charge in [0.1, 0.15) is 5.01 Å². The van der Waals surface area contributed by atoms with Gasteiger partial charge in [-0.1, -0.05) is 39.0 Å². The number of aromatic nitrogens is 2. The van der Waals surface area contributed by atoms with Crippen LogP contribution < -0.4 is 10.6 Å². The predicted octanol–water partition coefficient (Wildman–Crippen LogP) is 2.70. The second kappa shape index (κ2) is 6.83. The molecule has 0 spiro atoms. The van der Waals surface area contributed by atoms with Crippen molar-refractivity contribution in [2.75, 3.05) is 18.4 Å². The highest BCUT2D eigenvalue weighted by Crippen LogP contribution is 2.33. The van der Waals surface area contributed by atoms with Crippen LogP contribution in [0.3, 0.4) is 0 Å². The van der Waals surface area contributed by atoms with Crippen molar-refractivity contribution >= 4 is 22.4 Å². The van der Waals surface area contributed by atoms with Gasteiger partial charge in [0.2, 0.25) is 11.0 Å². The molecule has 118 valence electrons. The van der Waals surface area contributed by atoms with E-state index in [4.69, 9.17) is 0 Å². The fourth-order valence-corrected chi connectivity index (χ4v) is 3.59. The van der Waals surface area contributed by atoms with Gasteiger partial charge in [-0.15, -0.1) is 10.2 Å². The molecule has 1 aliphatic heterocycles. The largest absolute Gasteiger partial charge is 0.316 e. The Bertz CT molecular complexity index is 478. The van der Waals surface area contributed by atoms with Crippen LogP contribution in [0.25, 0.3) is 0 Å². The fourth-order valence-electron chi connectivity index (χ4n) is 2.65. The van der Waals surface area contributed by atoms with E-state index >= 15 is 0 Å². The molecule has 2 rings (SSSR count). The lowest BCUT2D eigenvalue weighted by Gasteiger charge is -2.35. The molecule has 5 nitrogen and oxygen atoms in total. The third kappa shape index (κ3) is 4.23. The summed E-state index contributed by atoms with van der Waals surface area (Å²) >= 11 is 1.48. The van der Waals surface area contributed by atoms with Crippen molar-refractivity contribution in [3.63, 3.8) is 0 Å². The quantitative estimate of drug-likeness (QED) is 0.877. The zero-order chi connectivity index (χ0) is 15.5. The Kier molecular flexibility index (Phi) is 5.32. The zero-order valence-corrected chi connectivity index (χ0v) is 14.2. The number of hydrogen-bond donors (Lipinski definition) is 2. The summed E-state index contributed by atoms with van der Waals surface area (Å²) in [5, 5.41) is 16.2. The molecular formula is C15H26N4OS. The molecule has 1 aliphatic rings. The van der Waals surface area contributed by atoms with Gasteiger partial charge in [-0.2, -0.15) is 0 Å². The van der Waals surface area contributed by atoms with Crippen molar-refractivity contribution in [3.05, 3.63) is 5.01 Å². The monoisotopic (exact) mass is 310 g/mol. The Labute approximate surface area is 130 Å². The van der Waals surface area contributed by atoms with Gasteiger partial charge in [-0.05, 0) is 37.8 Å². The van der Waals surface area contributed by atoms with Crippen LogP contribution in [0.1, 0.15) is 45.5 Å². The Morgan fingerprint density at radius 1 is 1.48 bits per heavy atom. The molecule has 2 heterocycles. The van der Waals surface area contributed by atoms with Gasteiger partial charge < -0.3 is 10.6 Å². The van der Waals surface area contributed by atoms with Crippen LogP contribution >= 0.6 is 11.3 Å². The molecule has 1 unspecified atom stereocenters. The molecular weight excluding hydrogens is 284 g/mol. The van der Waals surface area contributed by atoms with E-state index in [0.29, 0.717) is 17.0 Å². The highest BCUT2D eigenvalue weighted by atomic mass is 32.1. The SMILES string of the molecule is CC(C)Cc1nnc(NC(=O)C(C)(C)C2CCCNC2)s1. The van der Waals surface area contributed by atoms with Gasteiger partial charge in [-0.3, -0.25) is 4.79 Å². The van der Waals surface area contributed by atoms with E-state index in [1.54, 1.807) is 0 Å². The summed E-state index contributed by atoms with van der Waals surface area (Å²) in [5.74, 6) is 0.962. The molecule has 0 aromatic carbocycles. The van der Waals surface area contributed by atoms with Crippen molar-refractivity contribution in [2.45, 2.75) is 47.0 Å². The van der Waals surface area contributed by atoms with E-state index in [2.05, 4.69) is 34.7 Å². The second-order valence-corrected chi connectivity index (χ2v) is 7.88. The molecule has 0 saturated carbocycles. The molecule has 2 N–H and O–H groups in total. The molecule has 1 saturated heterocycles. The van der Waals surface area contributed by atoms with Crippen LogP contribution in [0.15, 0.2) is 0 Å². The molecule has 1 aromatic heterocycles. The summed E-state index contributed by atoms with van der Waals surface area (Å²) in [6.45, 7) is 10.3. The Morgan fingerprint density at radius 2 is 2.24 bits per heavy atom. The maximum absolute atomic E-state index is 12.6. The first-order chi connectivity index (χ1) is 9.89. The van der Waals surface area contributed by atoms with Gasteiger partial charge in [0, 0.05) is 11.8 Å². The van der Waals surface area contributed by atoms with Crippen LogP contribution in [0, 0.1) is 17.3 Å². The van der Waals surface area contributed by atoms with Crippen molar-refractivity contribution in [3.8, 4) is 0 Å². The summed E-state index contributed by atoms with van der Waals surface area (Å²) in [6, 6.07) is 0. The molecule has 0 aliphatic carbocycles. The summed E-state index contributed by atoms with van der Waals surface area (Å²) < 4.78 is 0. The van der Waals surface area contributed by atoms with E-state index in [0.717, 1.165) is 37.4 Å². The van der Waals surface area contributed by atoms with Crippen LogP contribution in [-0.2, 0) is 11.2 Å². The van der Waals surface area contributed by atoms with Crippen molar-refractivity contribution in [1.29, 1.82) is 0 Å². The van der Waals surface area contributed by atoms with Crippen molar-refractivity contribution < 1.29 is 4.79 Å². The summed E-state index contributed by atoms with van der Waals surface area (Å²) in [5.41, 5.74) is -0.392. The molecule has 1 amide bonds. The number of rotatable bonds is 5. The zero-order valence-electron chi connectivity index (χ0n) is 13.4. The topological polar surface area (TPSA) is 66.9 Å².